The third kappa shape index (κ3) is 38.2. The number of hydrogen-bond donors (Lipinski definition) is 2. The van der Waals surface area contributed by atoms with Gasteiger partial charge in [-0.25, -0.2) is 0 Å². The SMILES string of the molecule is Cl.N=C(N)c1cccs1.O.O.O.O.O.O.O.O.O.O. The van der Waals surface area contributed by atoms with Crippen LogP contribution in [0.1, 0.15) is 4.88 Å². The molecular formula is C5H27ClN2O10S. The van der Waals surface area contributed by atoms with E-state index in [1.807, 2.05) is 17.5 Å². The van der Waals surface area contributed by atoms with E-state index in [0.29, 0.717) is 0 Å². The molecule has 12 nitrogen and oxygen atoms in total. The highest BCUT2D eigenvalue weighted by atomic mass is 35.5. The molecule has 0 fully saturated rings. The lowest BCUT2D eigenvalue weighted by Crippen LogP contribution is -2.08. The number of halogens is 1. The second-order valence-corrected chi connectivity index (χ2v) is 2.34. The minimum Gasteiger partial charge on any atom is -0.412 e. The lowest BCUT2D eigenvalue weighted by molar-refractivity contribution is 0.823. The van der Waals surface area contributed by atoms with E-state index in [-0.39, 0.29) is 73.0 Å². The Hall–Kier alpha value is -0.940. The van der Waals surface area contributed by atoms with Crippen LogP contribution in [-0.2, 0) is 0 Å². The predicted octanol–water partition coefficient (Wildman–Crippen LogP) is -6.79. The molecule has 19 heavy (non-hydrogen) atoms. The zero-order chi connectivity index (χ0) is 5.98. The predicted molar refractivity (Wildman–Crippen MR) is 78.7 cm³/mol. The number of nitrogen functional groups attached to an aromatic ring is 1. The van der Waals surface area contributed by atoms with Crippen molar-refractivity contribution < 1.29 is 54.8 Å². The van der Waals surface area contributed by atoms with E-state index in [1.54, 1.807) is 0 Å². The van der Waals surface area contributed by atoms with Crippen LogP contribution < -0.4 is 5.73 Å². The van der Waals surface area contributed by atoms with E-state index < -0.39 is 0 Å². The van der Waals surface area contributed by atoms with Gasteiger partial charge in [-0.2, -0.15) is 0 Å². The van der Waals surface area contributed by atoms with Gasteiger partial charge in [0.2, 0.25) is 0 Å². The fourth-order valence-corrected chi connectivity index (χ4v) is 1.02. The molecule has 0 atom stereocenters. The molecule has 0 unspecified atom stereocenters. The molecule has 0 amide bonds. The van der Waals surface area contributed by atoms with Crippen molar-refractivity contribution >= 4 is 29.6 Å². The quantitative estimate of drug-likeness (QED) is 0.364. The van der Waals surface area contributed by atoms with Gasteiger partial charge in [0.15, 0.2) is 0 Å². The number of amidine groups is 1. The molecule has 14 heteroatoms. The average molecular weight is 343 g/mol. The standard InChI is InChI=1S/C5H6N2S.ClH.10H2O/c6-5(7)4-2-1-3-8-4;;;;;;;;;;;/h1-3H,(H3,6,7);1H;10*1H2. The molecule has 1 heterocycles. The molecule has 0 aliphatic rings. The molecule has 0 bridgehead atoms. The lowest BCUT2D eigenvalue weighted by atomic mass is 10.4. The van der Waals surface area contributed by atoms with Crippen LogP contribution in [0.25, 0.3) is 0 Å². The lowest BCUT2D eigenvalue weighted by Gasteiger charge is -1.84. The zero-order valence-corrected chi connectivity index (χ0v) is 11.3. The van der Waals surface area contributed by atoms with E-state index >= 15 is 0 Å². The molecule has 0 saturated carbocycles. The molecule has 1 aromatic rings. The zero-order valence-electron chi connectivity index (χ0n) is 9.63. The molecular weight excluding hydrogens is 316 g/mol. The van der Waals surface area contributed by atoms with Gasteiger partial charge in [0.1, 0.15) is 5.84 Å². The summed E-state index contributed by atoms with van der Waals surface area (Å²) in [6.45, 7) is 0. The summed E-state index contributed by atoms with van der Waals surface area (Å²) in [4.78, 5) is 0.838. The van der Waals surface area contributed by atoms with Crippen LogP contribution in [0.15, 0.2) is 17.5 Å². The summed E-state index contributed by atoms with van der Waals surface area (Å²) < 4.78 is 0. The van der Waals surface area contributed by atoms with Gasteiger partial charge >= 0.3 is 0 Å². The van der Waals surface area contributed by atoms with Crippen molar-refractivity contribution in [1.82, 2.24) is 0 Å². The minimum absolute atomic E-state index is 0. The Morgan fingerprint density at radius 3 is 1.26 bits per heavy atom. The average Bonchev–Trinajstić information content (AvgIpc) is 2.12. The van der Waals surface area contributed by atoms with Crippen LogP contribution in [-0.4, -0.2) is 60.6 Å². The van der Waals surface area contributed by atoms with Crippen molar-refractivity contribution in [2.45, 2.75) is 0 Å². The van der Waals surface area contributed by atoms with Crippen molar-refractivity contribution in [3.05, 3.63) is 22.4 Å². The van der Waals surface area contributed by atoms with E-state index in [1.165, 1.54) is 11.3 Å². The highest BCUT2D eigenvalue weighted by Crippen LogP contribution is 2.05. The molecule has 0 radical (unpaired) electrons. The Morgan fingerprint density at radius 2 is 1.16 bits per heavy atom. The summed E-state index contributed by atoms with van der Waals surface area (Å²) in [6, 6.07) is 3.70. The van der Waals surface area contributed by atoms with Crippen LogP contribution in [0.4, 0.5) is 0 Å². The number of nitrogens with one attached hydrogen (secondary N) is 1. The fourth-order valence-electron chi connectivity index (χ4n) is 0.432. The number of nitrogens with two attached hydrogens (primary N) is 1. The third-order valence-corrected chi connectivity index (χ3v) is 1.69. The largest absolute Gasteiger partial charge is 0.412 e. The Morgan fingerprint density at radius 1 is 0.842 bits per heavy atom. The van der Waals surface area contributed by atoms with E-state index in [0.717, 1.165) is 4.88 Å². The topological polar surface area (TPSA) is 365 Å². The Kier molecular flexibility index (Phi) is 298. The van der Waals surface area contributed by atoms with Crippen molar-refractivity contribution in [1.29, 1.82) is 5.41 Å². The van der Waals surface area contributed by atoms with Crippen molar-refractivity contribution in [3.63, 3.8) is 0 Å². The number of rotatable bonds is 1. The Bertz CT molecular complexity index is 202. The summed E-state index contributed by atoms with van der Waals surface area (Å²) in [7, 11) is 0. The Labute approximate surface area is 118 Å². The molecule has 1 aromatic heterocycles. The first kappa shape index (κ1) is 105. The molecule has 130 valence electrons. The van der Waals surface area contributed by atoms with Gasteiger partial charge < -0.3 is 60.5 Å². The van der Waals surface area contributed by atoms with E-state index in [9.17, 15) is 0 Å². The molecule has 0 saturated heterocycles. The summed E-state index contributed by atoms with van der Waals surface area (Å²) in [5, 5.41) is 8.84. The van der Waals surface area contributed by atoms with Crippen molar-refractivity contribution in [2.75, 3.05) is 0 Å². The van der Waals surface area contributed by atoms with Gasteiger partial charge in [-0.1, -0.05) is 6.07 Å². The second-order valence-electron chi connectivity index (χ2n) is 1.39. The fraction of sp³-hybridized carbons (Fsp3) is 0. The molecule has 0 aliphatic carbocycles. The second kappa shape index (κ2) is 53.6. The number of thiophene rings is 1. The van der Waals surface area contributed by atoms with Gasteiger partial charge in [-0.3, -0.25) is 5.41 Å². The van der Waals surface area contributed by atoms with E-state index in [2.05, 4.69) is 0 Å². The van der Waals surface area contributed by atoms with Gasteiger partial charge in [0.25, 0.3) is 0 Å². The highest BCUT2D eigenvalue weighted by molar-refractivity contribution is 7.12. The normalized spacial score (nSPS) is 3.79. The maximum absolute atomic E-state index is 6.94. The van der Waals surface area contributed by atoms with Gasteiger partial charge in [0.05, 0.1) is 4.88 Å². The number of hydrogen-bond acceptors (Lipinski definition) is 2. The Balaban J connectivity index is -0.00000000646. The van der Waals surface area contributed by atoms with Crippen LogP contribution in [0, 0.1) is 5.41 Å². The van der Waals surface area contributed by atoms with Crippen LogP contribution in [0.2, 0.25) is 0 Å². The van der Waals surface area contributed by atoms with Crippen molar-refractivity contribution in [2.24, 2.45) is 5.73 Å². The van der Waals surface area contributed by atoms with Gasteiger partial charge in [-0.15, -0.1) is 23.7 Å². The van der Waals surface area contributed by atoms with Crippen molar-refractivity contribution in [3.8, 4) is 0 Å². The first-order chi connectivity index (χ1) is 3.80. The summed E-state index contributed by atoms with van der Waals surface area (Å²) in [5.74, 6) is 0.153. The summed E-state index contributed by atoms with van der Waals surface area (Å²) in [6.07, 6.45) is 0. The molecule has 0 aliphatic heterocycles. The van der Waals surface area contributed by atoms with Crippen LogP contribution in [0.5, 0.6) is 0 Å². The summed E-state index contributed by atoms with van der Waals surface area (Å²) >= 11 is 1.48. The monoisotopic (exact) mass is 342 g/mol. The van der Waals surface area contributed by atoms with Gasteiger partial charge in [-0.05, 0) is 11.4 Å². The van der Waals surface area contributed by atoms with Crippen LogP contribution in [0.3, 0.4) is 0 Å². The maximum Gasteiger partial charge on any atom is 0.133 e. The third-order valence-electron chi connectivity index (χ3n) is 0.787. The molecule has 23 N–H and O–H groups in total. The molecule has 0 spiro atoms. The summed E-state index contributed by atoms with van der Waals surface area (Å²) in [5.41, 5.74) is 5.15. The van der Waals surface area contributed by atoms with Crippen LogP contribution >= 0.6 is 23.7 Å². The molecule has 1 rings (SSSR count). The smallest absolute Gasteiger partial charge is 0.133 e. The minimum atomic E-state index is 0. The maximum atomic E-state index is 6.94. The first-order valence-corrected chi connectivity index (χ1v) is 3.06. The highest BCUT2D eigenvalue weighted by Gasteiger charge is 1.92. The van der Waals surface area contributed by atoms with Gasteiger partial charge in [0, 0.05) is 0 Å². The first-order valence-electron chi connectivity index (χ1n) is 2.18. The van der Waals surface area contributed by atoms with E-state index in [4.69, 9.17) is 11.1 Å². The molecule has 0 aromatic carbocycles.